The van der Waals surface area contributed by atoms with Crippen LogP contribution >= 0.6 is 0 Å². The summed E-state index contributed by atoms with van der Waals surface area (Å²) in [5.74, 6) is 0.969. The van der Waals surface area contributed by atoms with Gasteiger partial charge in [-0.1, -0.05) is 61.2 Å². The molecule has 0 amide bonds. The summed E-state index contributed by atoms with van der Waals surface area (Å²) in [5, 5.41) is 8.12. The summed E-state index contributed by atoms with van der Waals surface area (Å²) in [5.41, 5.74) is 7.83. The van der Waals surface area contributed by atoms with Gasteiger partial charge in [0.1, 0.15) is 5.82 Å². The third-order valence-electron chi connectivity index (χ3n) is 6.13. The molecule has 0 saturated heterocycles. The predicted molar refractivity (Wildman–Crippen MR) is 138 cm³/mol. The number of aromatic nitrogens is 3. The number of benzene rings is 2. The molecule has 2 aromatic heterocycles. The number of anilines is 1. The molecular weight excluding hydrogens is 406 g/mol. The summed E-state index contributed by atoms with van der Waals surface area (Å²) in [6.45, 7) is 10.3. The lowest BCUT2D eigenvalue weighted by Crippen LogP contribution is -2.21. The highest BCUT2D eigenvalue weighted by atomic mass is 15.3. The van der Waals surface area contributed by atoms with Crippen molar-refractivity contribution in [3.63, 3.8) is 0 Å². The molecule has 0 spiro atoms. The zero-order chi connectivity index (χ0) is 23.2. The summed E-state index contributed by atoms with van der Waals surface area (Å²) in [4.78, 5) is 7.16. The molecule has 0 fully saturated rings. The minimum atomic E-state index is 0.849. The van der Waals surface area contributed by atoms with E-state index < -0.39 is 0 Å². The van der Waals surface area contributed by atoms with E-state index >= 15 is 0 Å². The van der Waals surface area contributed by atoms with E-state index in [2.05, 4.69) is 103 Å². The van der Waals surface area contributed by atoms with Crippen LogP contribution in [0.25, 0.3) is 16.9 Å². The fourth-order valence-electron chi connectivity index (χ4n) is 4.01. The van der Waals surface area contributed by atoms with Crippen LogP contribution in [-0.2, 0) is 6.42 Å². The Morgan fingerprint density at radius 2 is 1.79 bits per heavy atom. The van der Waals surface area contributed by atoms with Gasteiger partial charge in [0, 0.05) is 43.0 Å². The van der Waals surface area contributed by atoms with Crippen LogP contribution in [0.5, 0.6) is 0 Å². The lowest BCUT2D eigenvalue weighted by molar-refractivity contribution is 0.399. The van der Waals surface area contributed by atoms with E-state index in [-0.39, 0.29) is 0 Å². The minimum absolute atomic E-state index is 0.849. The molecule has 4 rings (SSSR count). The molecule has 0 aliphatic rings. The molecule has 0 bridgehead atoms. The topological polar surface area (TPSA) is 45.5 Å². The Hall–Kier alpha value is -3.60. The highest BCUT2D eigenvalue weighted by Crippen LogP contribution is 2.26. The van der Waals surface area contributed by atoms with Gasteiger partial charge in [-0.25, -0.2) is 4.98 Å². The monoisotopic (exact) mass is 439 g/mol. The second kappa shape index (κ2) is 10.3. The summed E-state index contributed by atoms with van der Waals surface area (Å²) < 4.78 is 1.90. The fraction of sp³-hybridized carbons (Fsp3) is 0.286. The van der Waals surface area contributed by atoms with E-state index in [1.807, 2.05) is 10.7 Å². The third-order valence-corrected chi connectivity index (χ3v) is 6.13. The zero-order valence-corrected chi connectivity index (χ0v) is 19.9. The Kier molecular flexibility index (Phi) is 7.08. The lowest BCUT2D eigenvalue weighted by atomic mass is 10.1. The van der Waals surface area contributed by atoms with Gasteiger partial charge in [-0.2, -0.15) is 9.61 Å². The maximum atomic E-state index is 4.89. The van der Waals surface area contributed by atoms with Crippen LogP contribution in [0.2, 0.25) is 0 Å². The molecule has 0 radical (unpaired) electrons. The minimum Gasteiger partial charge on any atom is -0.378 e. The van der Waals surface area contributed by atoms with Crippen molar-refractivity contribution in [3.05, 3.63) is 95.8 Å². The molecule has 5 nitrogen and oxygen atoms in total. The van der Waals surface area contributed by atoms with Gasteiger partial charge < -0.3 is 10.2 Å². The summed E-state index contributed by atoms with van der Waals surface area (Å²) in [6, 6.07) is 21.1. The van der Waals surface area contributed by atoms with Crippen molar-refractivity contribution in [2.45, 2.75) is 33.1 Å². The van der Waals surface area contributed by atoms with Crippen molar-refractivity contribution >= 4 is 11.5 Å². The first-order chi connectivity index (χ1) is 16.0. The van der Waals surface area contributed by atoms with Crippen molar-refractivity contribution in [2.75, 3.05) is 25.5 Å². The van der Waals surface area contributed by atoms with Crippen LogP contribution in [0, 0.1) is 13.8 Å². The molecule has 0 aliphatic carbocycles. The Balaban J connectivity index is 1.37. The molecule has 170 valence electrons. The second-order valence-corrected chi connectivity index (χ2v) is 8.66. The number of allylic oxidation sites excluding steroid dienone is 1. The van der Waals surface area contributed by atoms with E-state index in [1.54, 1.807) is 0 Å². The molecule has 4 aromatic rings. The number of aryl methyl sites for hydroxylation is 3. The van der Waals surface area contributed by atoms with Gasteiger partial charge in [0.2, 0.25) is 0 Å². The molecule has 1 N–H and O–H groups in total. The first kappa shape index (κ1) is 22.6. The molecule has 33 heavy (non-hydrogen) atoms. The quantitative estimate of drug-likeness (QED) is 0.313. The summed E-state index contributed by atoms with van der Waals surface area (Å²) in [6.07, 6.45) is 4.88. The Morgan fingerprint density at radius 3 is 2.58 bits per heavy atom. The Morgan fingerprint density at radius 1 is 1.03 bits per heavy atom. The zero-order valence-electron chi connectivity index (χ0n) is 19.9. The summed E-state index contributed by atoms with van der Waals surface area (Å²) >= 11 is 0. The smallest absolute Gasteiger partial charge is 0.160 e. The van der Waals surface area contributed by atoms with Crippen LogP contribution in [0.3, 0.4) is 0 Å². The number of fused-ring (bicyclic) bond motifs is 1. The molecule has 0 atom stereocenters. The van der Waals surface area contributed by atoms with Crippen molar-refractivity contribution in [1.29, 1.82) is 0 Å². The number of hydrogen-bond acceptors (Lipinski definition) is 4. The fourth-order valence-corrected chi connectivity index (χ4v) is 4.01. The highest BCUT2D eigenvalue weighted by Gasteiger charge is 2.12. The Labute approximate surface area is 196 Å². The van der Waals surface area contributed by atoms with Crippen molar-refractivity contribution in [1.82, 2.24) is 19.5 Å². The van der Waals surface area contributed by atoms with Crippen LogP contribution in [-0.4, -0.2) is 39.6 Å². The average molecular weight is 440 g/mol. The van der Waals surface area contributed by atoms with Crippen LogP contribution < -0.4 is 5.32 Å². The van der Waals surface area contributed by atoms with Crippen molar-refractivity contribution < 1.29 is 0 Å². The first-order valence-electron chi connectivity index (χ1n) is 11.6. The largest absolute Gasteiger partial charge is 0.378 e. The van der Waals surface area contributed by atoms with E-state index in [0.717, 1.165) is 60.6 Å². The molecule has 0 unspecified atom stereocenters. The maximum Gasteiger partial charge on any atom is 0.160 e. The molecule has 2 aromatic carbocycles. The van der Waals surface area contributed by atoms with E-state index in [4.69, 9.17) is 4.98 Å². The standard InChI is InChI=1S/C28H33N5/c1-21-11-8-9-14-25(21)26-19-27(33-28(31-26)22(2)20-30-33)29-17-10-18-32(4)23(3)15-16-24-12-6-5-7-13-24/h5-9,11-14,19-20,29H,3,10,15-18H2,1-2,4H3. The van der Waals surface area contributed by atoms with Crippen LogP contribution in [0.1, 0.15) is 29.5 Å². The molecule has 2 heterocycles. The maximum absolute atomic E-state index is 4.89. The van der Waals surface area contributed by atoms with Gasteiger partial charge in [0.25, 0.3) is 0 Å². The second-order valence-electron chi connectivity index (χ2n) is 8.66. The van der Waals surface area contributed by atoms with Crippen LogP contribution in [0.15, 0.2) is 79.1 Å². The van der Waals surface area contributed by atoms with E-state index in [1.165, 1.54) is 16.8 Å². The lowest BCUT2D eigenvalue weighted by Gasteiger charge is -2.22. The predicted octanol–water partition coefficient (Wildman–Crippen LogP) is 5.89. The van der Waals surface area contributed by atoms with Gasteiger partial charge in [-0.05, 0) is 44.2 Å². The number of nitrogens with zero attached hydrogens (tertiary/aromatic N) is 4. The number of hydrogen-bond donors (Lipinski definition) is 1. The van der Waals surface area contributed by atoms with Crippen molar-refractivity contribution in [2.24, 2.45) is 0 Å². The SMILES string of the molecule is C=C(CCc1ccccc1)N(C)CCCNc1cc(-c2ccccc2C)nc2c(C)cnn12. The van der Waals surface area contributed by atoms with Crippen LogP contribution in [0.4, 0.5) is 5.82 Å². The van der Waals surface area contributed by atoms with Gasteiger partial charge in [0.05, 0.1) is 11.9 Å². The van der Waals surface area contributed by atoms with E-state index in [0.29, 0.717) is 0 Å². The van der Waals surface area contributed by atoms with E-state index in [9.17, 15) is 0 Å². The normalized spacial score (nSPS) is 11.0. The van der Waals surface area contributed by atoms with Gasteiger partial charge in [0.15, 0.2) is 5.65 Å². The van der Waals surface area contributed by atoms with Gasteiger partial charge in [-0.3, -0.25) is 0 Å². The Bertz CT molecular complexity index is 1230. The highest BCUT2D eigenvalue weighted by molar-refractivity contribution is 5.70. The molecule has 5 heteroatoms. The number of rotatable bonds is 10. The first-order valence-corrected chi connectivity index (χ1v) is 11.6. The van der Waals surface area contributed by atoms with Gasteiger partial charge >= 0.3 is 0 Å². The van der Waals surface area contributed by atoms with Crippen molar-refractivity contribution in [3.8, 4) is 11.3 Å². The average Bonchev–Trinajstić information content (AvgIpc) is 3.21. The van der Waals surface area contributed by atoms with Gasteiger partial charge in [-0.15, -0.1) is 0 Å². The molecular formula is C28H33N5. The molecule has 0 saturated carbocycles. The number of nitrogens with one attached hydrogen (secondary N) is 1. The third kappa shape index (κ3) is 5.43. The summed E-state index contributed by atoms with van der Waals surface area (Å²) in [7, 11) is 2.13. The molecule has 0 aliphatic heterocycles.